The molecule has 0 saturated carbocycles. The summed E-state index contributed by atoms with van der Waals surface area (Å²) >= 11 is 7.37. The van der Waals surface area contributed by atoms with Crippen LogP contribution >= 0.6 is 34.9 Å². The second-order valence-electron chi connectivity index (χ2n) is 6.98. The highest BCUT2D eigenvalue weighted by molar-refractivity contribution is 7.74. The Balaban J connectivity index is 2.13. The lowest BCUT2D eigenvalue weighted by molar-refractivity contribution is 0.0561. The summed E-state index contributed by atoms with van der Waals surface area (Å²) in [6.07, 6.45) is 0. The molecule has 0 unspecified atom stereocenters. The molecule has 4 rings (SSSR count). The fourth-order valence-electron chi connectivity index (χ4n) is 3.45. The number of carbonyl (C=O) groups is 4. The fraction of sp³-hybridized carbons (Fsp3) is 0.0800. The zero-order valence-corrected chi connectivity index (χ0v) is 20.4. The first-order chi connectivity index (χ1) is 16.4. The number of carbonyl (C=O) groups excluding carboxylic acids is 4. The van der Waals surface area contributed by atoms with Crippen LogP contribution in [0.25, 0.3) is 10.1 Å². The van der Waals surface area contributed by atoms with Gasteiger partial charge in [-0.05, 0) is 0 Å². The average Bonchev–Trinajstić information content (AvgIpc) is 3.29. The number of methoxy groups -OCH3 is 2. The minimum absolute atomic E-state index is 0.0472. The van der Waals surface area contributed by atoms with Gasteiger partial charge in [0.05, 0.1) is 34.9 Å². The molecule has 2 aromatic carbocycles. The molecular weight excluding hydrogens is 492 g/mol. The van der Waals surface area contributed by atoms with Crippen molar-refractivity contribution < 1.29 is 28.7 Å². The summed E-state index contributed by atoms with van der Waals surface area (Å²) in [4.78, 5) is 52.5. The number of hydrogen-bond acceptors (Lipinski definition) is 9. The van der Waals surface area contributed by atoms with Crippen molar-refractivity contribution in [2.75, 3.05) is 14.2 Å². The van der Waals surface area contributed by atoms with Gasteiger partial charge in [0.2, 0.25) is 5.78 Å². The Kier molecular flexibility index (Phi) is 6.78. The van der Waals surface area contributed by atoms with Gasteiger partial charge in [0.25, 0.3) is 0 Å². The van der Waals surface area contributed by atoms with Crippen molar-refractivity contribution in [3.8, 4) is 0 Å². The van der Waals surface area contributed by atoms with Gasteiger partial charge in [-0.1, -0.05) is 72.9 Å². The average molecular weight is 509 g/mol. The Hall–Kier alpha value is -3.53. The number of ketones is 2. The zero-order chi connectivity index (χ0) is 24.4. The highest BCUT2D eigenvalue weighted by Crippen LogP contribution is 2.40. The first kappa shape index (κ1) is 23.6. The largest absolute Gasteiger partial charge is 0.465 e. The van der Waals surface area contributed by atoms with Crippen LogP contribution in [0.3, 0.4) is 0 Å². The molecule has 0 aliphatic heterocycles. The van der Waals surface area contributed by atoms with Gasteiger partial charge in [-0.25, -0.2) is 9.59 Å². The standard InChI is InChI=1S/C25H16O6S3/c1-30-23(28)15-16-20(33-22(15)24(29)31-2)17(18(26)13-9-5-3-6-10-13)21(34-25(16)32)19(27)14-11-7-4-8-12-14/h3-12H,1-2H3. The second kappa shape index (κ2) is 9.76. The van der Waals surface area contributed by atoms with E-state index in [9.17, 15) is 19.2 Å². The van der Waals surface area contributed by atoms with Crippen LogP contribution in [-0.2, 0) is 9.47 Å². The topological polar surface area (TPSA) is 86.7 Å². The second-order valence-corrected chi connectivity index (χ2v) is 9.69. The number of esters is 2. The number of benzene rings is 2. The molecule has 0 N–H and O–H groups in total. The molecule has 0 fully saturated rings. The van der Waals surface area contributed by atoms with Crippen molar-refractivity contribution >= 4 is 68.5 Å². The zero-order valence-electron chi connectivity index (χ0n) is 17.9. The van der Waals surface area contributed by atoms with E-state index in [0.717, 1.165) is 22.7 Å². The van der Waals surface area contributed by atoms with Gasteiger partial charge < -0.3 is 9.47 Å². The Morgan fingerprint density at radius 2 is 1.21 bits per heavy atom. The van der Waals surface area contributed by atoms with Gasteiger partial charge in [-0.3, -0.25) is 9.59 Å². The van der Waals surface area contributed by atoms with Gasteiger partial charge in [-0.15, -0.1) is 22.7 Å². The molecule has 6 nitrogen and oxygen atoms in total. The van der Waals surface area contributed by atoms with Gasteiger partial charge in [-0.2, -0.15) is 0 Å². The lowest BCUT2D eigenvalue weighted by atomic mass is 9.98. The van der Waals surface area contributed by atoms with E-state index >= 15 is 0 Å². The van der Waals surface area contributed by atoms with Crippen molar-refractivity contribution in [1.29, 1.82) is 0 Å². The Labute approximate surface area is 207 Å². The van der Waals surface area contributed by atoms with Gasteiger partial charge >= 0.3 is 11.9 Å². The molecular formula is C25H16O6S3. The fourth-order valence-corrected chi connectivity index (χ4v) is 6.36. The van der Waals surface area contributed by atoms with Crippen LogP contribution in [0.15, 0.2) is 60.7 Å². The van der Waals surface area contributed by atoms with Crippen LogP contribution in [-0.4, -0.2) is 37.7 Å². The van der Waals surface area contributed by atoms with Crippen molar-refractivity contribution in [2.24, 2.45) is 0 Å². The Bertz CT molecular complexity index is 1500. The third kappa shape index (κ3) is 4.09. The van der Waals surface area contributed by atoms with Crippen LogP contribution in [0.4, 0.5) is 0 Å². The Morgan fingerprint density at radius 1 is 0.676 bits per heavy atom. The van der Waals surface area contributed by atoms with E-state index in [1.807, 2.05) is 0 Å². The minimum Gasteiger partial charge on any atom is -0.465 e. The Morgan fingerprint density at radius 3 is 1.74 bits per heavy atom. The molecule has 34 heavy (non-hydrogen) atoms. The molecule has 0 spiro atoms. The summed E-state index contributed by atoms with van der Waals surface area (Å²) in [6.45, 7) is 0. The number of rotatable bonds is 6. The van der Waals surface area contributed by atoms with Crippen LogP contribution in [0.1, 0.15) is 51.2 Å². The van der Waals surface area contributed by atoms with Crippen LogP contribution in [0.5, 0.6) is 0 Å². The lowest BCUT2D eigenvalue weighted by Crippen LogP contribution is -2.11. The number of thiophene rings is 1. The number of ether oxygens (including phenoxy) is 2. The molecule has 4 aromatic rings. The first-order valence-electron chi connectivity index (χ1n) is 9.88. The molecule has 0 atom stereocenters. The van der Waals surface area contributed by atoms with E-state index in [2.05, 4.69) is 0 Å². The van der Waals surface area contributed by atoms with E-state index in [0.29, 0.717) is 11.1 Å². The van der Waals surface area contributed by atoms with E-state index in [1.54, 1.807) is 60.7 Å². The predicted molar refractivity (Wildman–Crippen MR) is 133 cm³/mol. The summed E-state index contributed by atoms with van der Waals surface area (Å²) in [5.74, 6) is -2.36. The van der Waals surface area contributed by atoms with Crippen molar-refractivity contribution in [3.05, 3.63) is 96.5 Å². The third-order valence-electron chi connectivity index (χ3n) is 5.03. The summed E-state index contributed by atoms with van der Waals surface area (Å²) in [7, 11) is 2.37. The molecule has 0 aliphatic rings. The quantitative estimate of drug-likeness (QED) is 0.187. The molecule has 0 radical (unpaired) electrons. The number of fused-ring (bicyclic) bond motifs is 1. The SMILES string of the molecule is COC(=O)c1sc2c(C(=O)c3ccccc3)c(C(=O)c3ccccc3)sc(=S)c2c1C(=O)OC. The van der Waals surface area contributed by atoms with Gasteiger partial charge in [0, 0.05) is 16.5 Å². The number of hydrogen-bond donors (Lipinski definition) is 0. The summed E-state index contributed by atoms with van der Waals surface area (Å²) in [5.41, 5.74) is 0.741. The van der Waals surface area contributed by atoms with Crippen molar-refractivity contribution in [2.45, 2.75) is 0 Å². The molecule has 0 aliphatic carbocycles. The van der Waals surface area contributed by atoms with Crippen LogP contribution in [0, 0.1) is 3.82 Å². The van der Waals surface area contributed by atoms with Crippen LogP contribution < -0.4 is 0 Å². The molecule has 0 bridgehead atoms. The van der Waals surface area contributed by atoms with Gasteiger partial charge in [0.1, 0.15) is 8.70 Å². The molecule has 170 valence electrons. The summed E-state index contributed by atoms with van der Waals surface area (Å²) < 4.78 is 10.2. The summed E-state index contributed by atoms with van der Waals surface area (Å²) in [6, 6.07) is 17.0. The third-order valence-corrected chi connectivity index (χ3v) is 7.65. The van der Waals surface area contributed by atoms with E-state index in [4.69, 9.17) is 21.7 Å². The first-order valence-corrected chi connectivity index (χ1v) is 11.9. The van der Waals surface area contributed by atoms with Gasteiger partial charge in [0.15, 0.2) is 5.78 Å². The normalized spacial score (nSPS) is 10.6. The lowest BCUT2D eigenvalue weighted by Gasteiger charge is -2.10. The smallest absolute Gasteiger partial charge is 0.348 e. The monoisotopic (exact) mass is 508 g/mol. The highest BCUT2D eigenvalue weighted by Gasteiger charge is 2.32. The summed E-state index contributed by atoms with van der Waals surface area (Å²) in [5, 5.41) is 0.223. The van der Waals surface area contributed by atoms with Crippen molar-refractivity contribution in [1.82, 2.24) is 0 Å². The molecule has 0 saturated heterocycles. The molecule has 9 heteroatoms. The van der Waals surface area contributed by atoms with E-state index in [-0.39, 0.29) is 40.6 Å². The molecule has 2 heterocycles. The molecule has 2 aromatic heterocycles. The van der Waals surface area contributed by atoms with Crippen LogP contribution in [0.2, 0.25) is 0 Å². The highest BCUT2D eigenvalue weighted by atomic mass is 32.1. The van der Waals surface area contributed by atoms with E-state index in [1.165, 1.54) is 14.2 Å². The molecule has 0 amide bonds. The maximum absolute atomic E-state index is 13.7. The minimum atomic E-state index is -0.787. The predicted octanol–water partition coefficient (Wildman–Crippen LogP) is 5.73. The maximum Gasteiger partial charge on any atom is 0.348 e. The van der Waals surface area contributed by atoms with Crippen molar-refractivity contribution in [3.63, 3.8) is 0 Å². The maximum atomic E-state index is 13.7. The van der Waals surface area contributed by atoms with E-state index < -0.39 is 17.7 Å².